The smallest absolute Gasteiger partial charge is 0.545 e. The molecule has 1 aliphatic heterocycles. The number of hydrogen-bond donors (Lipinski definition) is 0. The molecule has 5 rings (SSSR count). The van der Waals surface area contributed by atoms with Crippen LogP contribution in [0.2, 0.25) is 0 Å². The van der Waals surface area contributed by atoms with E-state index < -0.39 is 16.0 Å². The Morgan fingerprint density at radius 3 is 2.47 bits per heavy atom. The number of nitrogens with zero attached hydrogens (tertiary/aromatic N) is 2. The monoisotopic (exact) mass is 544 g/mol. The Morgan fingerprint density at radius 2 is 1.84 bits per heavy atom. The van der Waals surface area contributed by atoms with Crippen LogP contribution in [-0.4, -0.2) is 49.1 Å². The molecule has 0 unspecified atom stereocenters. The molecule has 3 heterocycles. The van der Waals surface area contributed by atoms with Crippen molar-refractivity contribution in [2.45, 2.75) is 39.7 Å². The zero-order chi connectivity index (χ0) is 26.5. The van der Waals surface area contributed by atoms with E-state index in [-0.39, 0.29) is 47.1 Å². The molecular weight excluding hydrogens is 515 g/mol. The van der Waals surface area contributed by atoms with E-state index >= 15 is 0 Å². The molecule has 0 spiro atoms. The standard InChI is InChI=1S/C28H30N2O6S.Na/c1-16-9-10-24(35-18(3)19-11-13-30(14-12-19)37(4,33)34)25-21(28(31)32)15-22(29-26(16)25)27-17(2)20-7-5-6-8-23(20)36-27;/h5-10,15,18-19H,11-14H2,1-4H3,(H,31,32);/q;+1/p-1/t18-;/m0./s1. The van der Waals surface area contributed by atoms with Gasteiger partial charge in [0.05, 0.1) is 29.2 Å². The van der Waals surface area contributed by atoms with Crippen LogP contribution in [-0.2, 0) is 10.0 Å². The van der Waals surface area contributed by atoms with Gasteiger partial charge in [0.25, 0.3) is 0 Å². The number of pyridine rings is 1. The topological polar surface area (TPSA) is 113 Å². The summed E-state index contributed by atoms with van der Waals surface area (Å²) in [6.45, 7) is 6.62. The number of carbonyl (C=O) groups is 1. The molecule has 0 aliphatic carbocycles. The molecule has 0 radical (unpaired) electrons. The molecule has 0 amide bonds. The van der Waals surface area contributed by atoms with Gasteiger partial charge in [0, 0.05) is 29.6 Å². The Hall–Kier alpha value is -2.43. The molecule has 2 aromatic heterocycles. The SMILES string of the molecule is Cc1c(-c2cc(C(=O)[O-])c3c(O[C@@H](C)C4CCN(S(C)(=O)=O)CC4)ccc(C)c3n2)oc2ccccc12.[Na+]. The van der Waals surface area contributed by atoms with Crippen LogP contribution in [0.5, 0.6) is 5.75 Å². The molecule has 1 fully saturated rings. The Balaban J connectivity index is 0.00000336. The van der Waals surface area contributed by atoms with Gasteiger partial charge in [0.15, 0.2) is 5.76 Å². The van der Waals surface area contributed by atoms with Crippen LogP contribution in [0.3, 0.4) is 0 Å². The van der Waals surface area contributed by atoms with E-state index in [1.807, 2.05) is 51.1 Å². The first-order chi connectivity index (χ1) is 17.5. The molecule has 0 saturated carbocycles. The zero-order valence-electron chi connectivity index (χ0n) is 22.3. The number of carboxylic acid groups (broad SMARTS) is 1. The number of piperidine rings is 1. The van der Waals surface area contributed by atoms with Gasteiger partial charge in [0.1, 0.15) is 17.0 Å². The molecule has 194 valence electrons. The number of carbonyl (C=O) groups excluding carboxylic acids is 1. The van der Waals surface area contributed by atoms with E-state index in [9.17, 15) is 18.3 Å². The third kappa shape index (κ3) is 5.35. The summed E-state index contributed by atoms with van der Waals surface area (Å²) in [5.41, 5.74) is 3.30. The number of para-hydroxylation sites is 1. The van der Waals surface area contributed by atoms with Gasteiger partial charge in [-0.2, -0.15) is 0 Å². The van der Waals surface area contributed by atoms with Crippen molar-refractivity contribution in [1.82, 2.24) is 9.29 Å². The van der Waals surface area contributed by atoms with Crippen LogP contribution < -0.4 is 39.4 Å². The van der Waals surface area contributed by atoms with Crippen LogP contribution in [0.1, 0.15) is 41.3 Å². The Kier molecular flexibility index (Phi) is 8.26. The minimum atomic E-state index is -3.22. The molecular formula is C28H29N2NaO6S. The Bertz CT molecular complexity index is 1620. The Morgan fingerprint density at radius 1 is 1.16 bits per heavy atom. The molecule has 1 aliphatic rings. The van der Waals surface area contributed by atoms with Crippen molar-refractivity contribution in [2.75, 3.05) is 19.3 Å². The number of aromatic nitrogens is 1. The second kappa shape index (κ2) is 11.0. The van der Waals surface area contributed by atoms with E-state index in [4.69, 9.17) is 14.1 Å². The van der Waals surface area contributed by atoms with Gasteiger partial charge in [-0.3, -0.25) is 0 Å². The molecule has 0 N–H and O–H groups in total. The first-order valence-electron chi connectivity index (χ1n) is 12.3. The van der Waals surface area contributed by atoms with Gasteiger partial charge >= 0.3 is 29.6 Å². The van der Waals surface area contributed by atoms with E-state index in [0.717, 1.165) is 16.5 Å². The number of ether oxygens (including phenoxy) is 1. The van der Waals surface area contributed by atoms with Gasteiger partial charge in [-0.1, -0.05) is 24.3 Å². The van der Waals surface area contributed by atoms with Crippen LogP contribution >= 0.6 is 0 Å². The normalized spacial score (nSPS) is 15.9. The van der Waals surface area contributed by atoms with Crippen molar-refractivity contribution in [3.05, 3.63) is 59.2 Å². The van der Waals surface area contributed by atoms with Crippen molar-refractivity contribution in [3.8, 4) is 17.2 Å². The maximum Gasteiger partial charge on any atom is 1.00 e. The minimum absolute atomic E-state index is 0. The number of carboxylic acids is 1. The second-order valence-corrected chi connectivity index (χ2v) is 11.8. The fourth-order valence-corrected chi connectivity index (χ4v) is 6.08. The summed E-state index contributed by atoms with van der Waals surface area (Å²) in [4.78, 5) is 17.2. The number of benzene rings is 2. The number of furan rings is 1. The minimum Gasteiger partial charge on any atom is -0.545 e. The molecule has 4 aromatic rings. The maximum absolute atomic E-state index is 12.3. The van der Waals surface area contributed by atoms with Crippen LogP contribution in [0, 0.1) is 19.8 Å². The van der Waals surface area contributed by atoms with Gasteiger partial charge in [-0.25, -0.2) is 17.7 Å². The fraction of sp³-hybridized carbons (Fsp3) is 0.357. The summed E-state index contributed by atoms with van der Waals surface area (Å²) in [7, 11) is -3.22. The largest absolute Gasteiger partial charge is 1.00 e. The third-order valence-corrected chi connectivity index (χ3v) is 8.67. The Labute approximate surface area is 244 Å². The number of aryl methyl sites for hydroxylation is 2. The summed E-state index contributed by atoms with van der Waals surface area (Å²) in [5, 5.41) is 13.7. The molecule has 8 nitrogen and oxygen atoms in total. The maximum atomic E-state index is 12.3. The summed E-state index contributed by atoms with van der Waals surface area (Å²) in [6.07, 6.45) is 2.30. The van der Waals surface area contributed by atoms with Crippen LogP contribution in [0.25, 0.3) is 33.3 Å². The summed E-state index contributed by atoms with van der Waals surface area (Å²) in [6, 6.07) is 12.7. The van der Waals surface area contributed by atoms with Gasteiger partial charge in [0.2, 0.25) is 10.0 Å². The predicted octanol–water partition coefficient (Wildman–Crippen LogP) is 1.07. The van der Waals surface area contributed by atoms with E-state index in [1.54, 1.807) is 6.07 Å². The van der Waals surface area contributed by atoms with Crippen molar-refractivity contribution in [3.63, 3.8) is 0 Å². The summed E-state index contributed by atoms with van der Waals surface area (Å²) >= 11 is 0. The van der Waals surface area contributed by atoms with E-state index in [0.29, 0.717) is 59.6 Å². The van der Waals surface area contributed by atoms with Gasteiger partial charge in [-0.05, 0) is 63.3 Å². The molecule has 38 heavy (non-hydrogen) atoms. The third-order valence-electron chi connectivity index (χ3n) is 7.36. The number of aromatic carboxylic acids is 1. The number of rotatable bonds is 6. The summed E-state index contributed by atoms with van der Waals surface area (Å²) < 4.78 is 37.6. The van der Waals surface area contributed by atoms with E-state index in [2.05, 4.69) is 0 Å². The van der Waals surface area contributed by atoms with Crippen molar-refractivity contribution >= 4 is 37.9 Å². The number of hydrogen-bond acceptors (Lipinski definition) is 7. The van der Waals surface area contributed by atoms with Crippen molar-refractivity contribution in [2.24, 2.45) is 5.92 Å². The second-order valence-electron chi connectivity index (χ2n) is 9.82. The molecule has 1 atom stereocenters. The van der Waals surface area contributed by atoms with Crippen molar-refractivity contribution in [1.29, 1.82) is 0 Å². The predicted molar refractivity (Wildman–Crippen MR) is 140 cm³/mol. The molecule has 0 bridgehead atoms. The molecule has 2 aromatic carbocycles. The average molecular weight is 545 g/mol. The van der Waals surface area contributed by atoms with Gasteiger partial charge in [-0.15, -0.1) is 0 Å². The average Bonchev–Trinajstić information content (AvgIpc) is 3.21. The molecule has 10 heteroatoms. The number of sulfonamides is 1. The molecule has 1 saturated heterocycles. The number of fused-ring (bicyclic) bond motifs is 2. The van der Waals surface area contributed by atoms with E-state index in [1.165, 1.54) is 16.6 Å². The van der Waals surface area contributed by atoms with Gasteiger partial charge < -0.3 is 19.1 Å². The first kappa shape index (κ1) is 28.6. The summed E-state index contributed by atoms with van der Waals surface area (Å²) in [5.74, 6) is -0.265. The fourth-order valence-electron chi connectivity index (χ4n) is 5.21. The zero-order valence-corrected chi connectivity index (χ0v) is 25.1. The van der Waals surface area contributed by atoms with Crippen molar-refractivity contribution < 1.29 is 57.0 Å². The quantitative estimate of drug-likeness (QED) is 0.334. The van der Waals surface area contributed by atoms with Crippen LogP contribution in [0.15, 0.2) is 46.9 Å². The first-order valence-corrected chi connectivity index (χ1v) is 14.2. The van der Waals surface area contributed by atoms with Crippen LogP contribution in [0.4, 0.5) is 0 Å².